The van der Waals surface area contributed by atoms with E-state index in [-0.39, 0.29) is 5.60 Å². The lowest BCUT2D eigenvalue weighted by atomic mass is 9.96. The first kappa shape index (κ1) is 12.2. The number of rotatable bonds is 4. The number of aliphatic hydroxyl groups excluding tert-OH is 1. The summed E-state index contributed by atoms with van der Waals surface area (Å²) in [7, 11) is 1.72. The summed E-state index contributed by atoms with van der Waals surface area (Å²) in [6.07, 6.45) is 0.444. The minimum Gasteiger partial charge on any atom is -0.389 e. The molecule has 0 aliphatic heterocycles. The Hall–Kier alpha value is -0.860. The fraction of sp³-hybridized carbons (Fsp3) is 0.538. The van der Waals surface area contributed by atoms with Gasteiger partial charge in [-0.1, -0.05) is 24.3 Å². The molecule has 1 aromatic rings. The standard InChI is InChI=1S/C13H20O2/c1-10(14)12-7-5-6-11(8-12)9-13(2,3)15-4/h5-8,10,14H,9H2,1-4H3. The summed E-state index contributed by atoms with van der Waals surface area (Å²) in [4.78, 5) is 0. The zero-order valence-corrected chi connectivity index (χ0v) is 9.95. The highest BCUT2D eigenvalue weighted by atomic mass is 16.5. The smallest absolute Gasteiger partial charge is 0.0762 e. The maximum Gasteiger partial charge on any atom is 0.0762 e. The maximum absolute atomic E-state index is 9.47. The summed E-state index contributed by atoms with van der Waals surface area (Å²) in [6.45, 7) is 5.89. The molecule has 0 aromatic heterocycles. The molecule has 15 heavy (non-hydrogen) atoms. The molecule has 0 saturated carbocycles. The van der Waals surface area contributed by atoms with Crippen LogP contribution < -0.4 is 0 Å². The Kier molecular flexibility index (Phi) is 3.89. The summed E-state index contributed by atoms with van der Waals surface area (Å²) >= 11 is 0. The summed E-state index contributed by atoms with van der Waals surface area (Å²) in [5.74, 6) is 0. The van der Waals surface area contributed by atoms with Gasteiger partial charge in [0.1, 0.15) is 0 Å². The Balaban J connectivity index is 2.82. The number of ether oxygens (including phenoxy) is 1. The van der Waals surface area contributed by atoms with Crippen molar-refractivity contribution < 1.29 is 9.84 Å². The first-order valence-corrected chi connectivity index (χ1v) is 5.27. The minimum atomic E-state index is -0.407. The van der Waals surface area contributed by atoms with Gasteiger partial charge in [0.2, 0.25) is 0 Å². The lowest BCUT2D eigenvalue weighted by Crippen LogP contribution is -2.25. The molecule has 0 heterocycles. The zero-order valence-electron chi connectivity index (χ0n) is 9.95. The van der Waals surface area contributed by atoms with Crippen molar-refractivity contribution in [1.82, 2.24) is 0 Å². The zero-order chi connectivity index (χ0) is 11.5. The van der Waals surface area contributed by atoms with Gasteiger partial charge in [0.15, 0.2) is 0 Å². The van der Waals surface area contributed by atoms with Crippen LogP contribution in [-0.4, -0.2) is 17.8 Å². The van der Waals surface area contributed by atoms with Gasteiger partial charge in [0, 0.05) is 13.5 Å². The fourth-order valence-electron chi connectivity index (χ4n) is 1.53. The highest BCUT2D eigenvalue weighted by Gasteiger charge is 2.17. The van der Waals surface area contributed by atoms with E-state index >= 15 is 0 Å². The van der Waals surface area contributed by atoms with E-state index in [1.54, 1.807) is 14.0 Å². The van der Waals surface area contributed by atoms with Crippen molar-refractivity contribution in [2.45, 2.75) is 38.9 Å². The summed E-state index contributed by atoms with van der Waals surface area (Å²) < 4.78 is 5.38. The molecule has 0 saturated heterocycles. The average Bonchev–Trinajstić information content (AvgIpc) is 2.17. The predicted molar refractivity (Wildman–Crippen MR) is 61.9 cm³/mol. The van der Waals surface area contributed by atoms with Gasteiger partial charge < -0.3 is 9.84 Å². The van der Waals surface area contributed by atoms with Crippen LogP contribution in [0.5, 0.6) is 0 Å². The second kappa shape index (κ2) is 4.77. The number of benzene rings is 1. The Bertz CT molecular complexity index is 316. The SMILES string of the molecule is COC(C)(C)Cc1cccc(C(C)O)c1. The first-order chi connectivity index (χ1) is 6.94. The molecule has 2 heteroatoms. The van der Waals surface area contributed by atoms with Crippen LogP contribution in [0.4, 0.5) is 0 Å². The predicted octanol–water partition coefficient (Wildman–Crippen LogP) is 2.71. The van der Waals surface area contributed by atoms with Crippen LogP contribution in [0.1, 0.15) is 38.0 Å². The highest BCUT2D eigenvalue weighted by Crippen LogP contribution is 2.19. The molecule has 1 N–H and O–H groups in total. The quantitative estimate of drug-likeness (QED) is 0.824. The topological polar surface area (TPSA) is 29.5 Å². The van der Waals surface area contributed by atoms with Crippen LogP contribution >= 0.6 is 0 Å². The van der Waals surface area contributed by atoms with E-state index in [0.29, 0.717) is 0 Å². The van der Waals surface area contributed by atoms with E-state index in [1.165, 1.54) is 5.56 Å². The lowest BCUT2D eigenvalue weighted by Gasteiger charge is -2.23. The Labute approximate surface area is 91.9 Å². The molecular formula is C13H20O2. The number of aliphatic hydroxyl groups is 1. The highest BCUT2D eigenvalue weighted by molar-refractivity contribution is 5.25. The minimum absolute atomic E-state index is 0.155. The van der Waals surface area contributed by atoms with Crippen molar-refractivity contribution in [3.05, 3.63) is 35.4 Å². The average molecular weight is 208 g/mol. The fourth-order valence-corrected chi connectivity index (χ4v) is 1.53. The van der Waals surface area contributed by atoms with E-state index in [1.807, 2.05) is 18.2 Å². The molecule has 0 aliphatic rings. The molecule has 0 fully saturated rings. The molecular weight excluding hydrogens is 188 g/mol. The second-order valence-corrected chi connectivity index (χ2v) is 4.56. The van der Waals surface area contributed by atoms with Crippen molar-refractivity contribution in [2.75, 3.05) is 7.11 Å². The molecule has 0 amide bonds. The van der Waals surface area contributed by atoms with Crippen molar-refractivity contribution in [3.8, 4) is 0 Å². The van der Waals surface area contributed by atoms with Crippen LogP contribution in [0.2, 0.25) is 0 Å². The molecule has 0 bridgehead atoms. The lowest BCUT2D eigenvalue weighted by molar-refractivity contribution is 0.0231. The molecule has 2 nitrogen and oxygen atoms in total. The normalized spacial score (nSPS) is 13.9. The molecule has 1 aromatic carbocycles. The first-order valence-electron chi connectivity index (χ1n) is 5.27. The molecule has 84 valence electrons. The third-order valence-electron chi connectivity index (χ3n) is 2.62. The molecule has 1 atom stereocenters. The molecule has 1 rings (SSSR count). The number of hydrogen-bond donors (Lipinski definition) is 1. The van der Waals surface area contributed by atoms with E-state index in [0.717, 1.165) is 12.0 Å². The van der Waals surface area contributed by atoms with Crippen LogP contribution in [0.15, 0.2) is 24.3 Å². The van der Waals surface area contributed by atoms with E-state index in [2.05, 4.69) is 19.9 Å². The Morgan fingerprint density at radius 3 is 2.60 bits per heavy atom. The van der Waals surface area contributed by atoms with Crippen molar-refractivity contribution in [2.24, 2.45) is 0 Å². The van der Waals surface area contributed by atoms with Crippen molar-refractivity contribution in [3.63, 3.8) is 0 Å². The van der Waals surface area contributed by atoms with Gasteiger partial charge in [0.25, 0.3) is 0 Å². The molecule has 0 spiro atoms. The monoisotopic (exact) mass is 208 g/mol. The van der Waals surface area contributed by atoms with Crippen molar-refractivity contribution >= 4 is 0 Å². The second-order valence-electron chi connectivity index (χ2n) is 4.56. The third kappa shape index (κ3) is 3.65. The molecule has 0 radical (unpaired) electrons. The van der Waals surface area contributed by atoms with Crippen LogP contribution in [0, 0.1) is 0 Å². The van der Waals surface area contributed by atoms with E-state index in [4.69, 9.17) is 4.74 Å². The van der Waals surface area contributed by atoms with Gasteiger partial charge >= 0.3 is 0 Å². The van der Waals surface area contributed by atoms with Crippen LogP contribution in [0.3, 0.4) is 0 Å². The maximum atomic E-state index is 9.47. The molecule has 0 aliphatic carbocycles. The van der Waals surface area contributed by atoms with Crippen LogP contribution in [0.25, 0.3) is 0 Å². The summed E-state index contributed by atoms with van der Waals surface area (Å²) in [6, 6.07) is 8.01. The van der Waals surface area contributed by atoms with Crippen molar-refractivity contribution in [1.29, 1.82) is 0 Å². The summed E-state index contributed by atoms with van der Waals surface area (Å²) in [5.41, 5.74) is 2.00. The van der Waals surface area contributed by atoms with Gasteiger partial charge in [-0.25, -0.2) is 0 Å². The van der Waals surface area contributed by atoms with Gasteiger partial charge in [-0.2, -0.15) is 0 Å². The van der Waals surface area contributed by atoms with Gasteiger partial charge in [-0.05, 0) is 31.9 Å². The Morgan fingerprint density at radius 1 is 1.40 bits per heavy atom. The number of hydrogen-bond acceptors (Lipinski definition) is 2. The largest absolute Gasteiger partial charge is 0.389 e. The van der Waals surface area contributed by atoms with Gasteiger partial charge in [-0.3, -0.25) is 0 Å². The third-order valence-corrected chi connectivity index (χ3v) is 2.62. The van der Waals surface area contributed by atoms with Crippen LogP contribution in [-0.2, 0) is 11.2 Å². The van der Waals surface area contributed by atoms with E-state index in [9.17, 15) is 5.11 Å². The number of methoxy groups -OCH3 is 1. The summed E-state index contributed by atoms with van der Waals surface area (Å²) in [5, 5.41) is 9.47. The molecule has 1 unspecified atom stereocenters. The van der Waals surface area contributed by atoms with Gasteiger partial charge in [0.05, 0.1) is 11.7 Å². The Morgan fingerprint density at radius 2 is 2.07 bits per heavy atom. The van der Waals surface area contributed by atoms with Gasteiger partial charge in [-0.15, -0.1) is 0 Å². The van der Waals surface area contributed by atoms with E-state index < -0.39 is 6.10 Å².